The average molecular weight is 311 g/mol. The largest absolute Gasteiger partial charge is 0.460 e. The Morgan fingerprint density at radius 2 is 1.87 bits per heavy atom. The molecule has 0 fully saturated rings. The molecule has 0 amide bonds. The van der Waals surface area contributed by atoms with Crippen LogP contribution in [0.2, 0.25) is 0 Å². The predicted octanol–water partition coefficient (Wildman–Crippen LogP) is 5.49. The van der Waals surface area contributed by atoms with E-state index >= 15 is 0 Å². The lowest BCUT2D eigenvalue weighted by Gasteiger charge is -2.05. The highest BCUT2D eigenvalue weighted by Gasteiger charge is 2.24. The Morgan fingerprint density at radius 1 is 1.17 bits per heavy atom. The van der Waals surface area contributed by atoms with Gasteiger partial charge in [0.1, 0.15) is 11.3 Å². The minimum atomic E-state index is -0.860. The van der Waals surface area contributed by atoms with Gasteiger partial charge in [-0.3, -0.25) is 10.1 Å². The van der Waals surface area contributed by atoms with Crippen molar-refractivity contribution in [2.24, 2.45) is 0 Å². The van der Waals surface area contributed by atoms with Gasteiger partial charge >= 0.3 is 5.69 Å². The van der Waals surface area contributed by atoms with Crippen molar-refractivity contribution in [3.8, 4) is 11.1 Å². The van der Waals surface area contributed by atoms with Gasteiger partial charge in [0.2, 0.25) is 5.82 Å². The molecule has 0 aliphatic rings. The molecule has 3 rings (SSSR count). The molecule has 4 nitrogen and oxygen atoms in total. The molecule has 0 bridgehead atoms. The highest BCUT2D eigenvalue weighted by atomic mass is 19.1. The Balaban J connectivity index is 2.37. The zero-order chi connectivity index (χ0) is 16.6. The highest BCUT2D eigenvalue weighted by molar-refractivity contribution is 5.99. The first-order valence-electron chi connectivity index (χ1n) is 7.12. The quantitative estimate of drug-likeness (QED) is 0.475. The SMILES string of the molecule is C/C=C\c1c(C)oc2c(-c3cccc(F)c3[N+](=O)[O-])cccc12. The molecule has 0 saturated heterocycles. The van der Waals surface area contributed by atoms with Gasteiger partial charge in [-0.25, -0.2) is 0 Å². The van der Waals surface area contributed by atoms with Crippen molar-refractivity contribution in [3.63, 3.8) is 0 Å². The maximum absolute atomic E-state index is 13.9. The summed E-state index contributed by atoms with van der Waals surface area (Å²) in [5, 5.41) is 12.1. The third-order valence-electron chi connectivity index (χ3n) is 3.73. The van der Waals surface area contributed by atoms with Crippen molar-refractivity contribution in [2.45, 2.75) is 13.8 Å². The van der Waals surface area contributed by atoms with Crippen LogP contribution in [0.3, 0.4) is 0 Å². The maximum Gasteiger partial charge on any atom is 0.312 e. The number of allylic oxidation sites excluding steroid dienone is 1. The van der Waals surface area contributed by atoms with Gasteiger partial charge in [0, 0.05) is 16.5 Å². The van der Waals surface area contributed by atoms with Crippen LogP contribution in [0.5, 0.6) is 0 Å². The first kappa shape index (κ1) is 15.0. The third-order valence-corrected chi connectivity index (χ3v) is 3.73. The molecule has 0 atom stereocenters. The summed E-state index contributed by atoms with van der Waals surface area (Å²) in [4.78, 5) is 10.5. The Kier molecular flexibility index (Phi) is 3.70. The zero-order valence-electron chi connectivity index (χ0n) is 12.7. The van der Waals surface area contributed by atoms with Gasteiger partial charge in [-0.15, -0.1) is 0 Å². The number of rotatable bonds is 3. The number of nitrogens with zero attached hydrogens (tertiary/aromatic N) is 1. The van der Waals surface area contributed by atoms with Crippen LogP contribution in [0.1, 0.15) is 18.2 Å². The molecule has 0 unspecified atom stereocenters. The lowest BCUT2D eigenvalue weighted by Crippen LogP contribution is -1.95. The van der Waals surface area contributed by atoms with Crippen LogP contribution < -0.4 is 0 Å². The maximum atomic E-state index is 13.9. The number of halogens is 1. The fraction of sp³-hybridized carbons (Fsp3) is 0.111. The van der Waals surface area contributed by atoms with Crippen LogP contribution in [0.25, 0.3) is 28.2 Å². The van der Waals surface area contributed by atoms with Crippen molar-refractivity contribution >= 4 is 22.7 Å². The summed E-state index contributed by atoms with van der Waals surface area (Å²) in [5.41, 5.74) is 1.62. The molecular formula is C18H14FNO3. The lowest BCUT2D eigenvalue weighted by molar-refractivity contribution is -0.386. The number of nitro benzene ring substituents is 1. The molecule has 0 radical (unpaired) electrons. The molecule has 1 aromatic heterocycles. The monoisotopic (exact) mass is 311 g/mol. The molecule has 0 N–H and O–H groups in total. The molecule has 1 heterocycles. The van der Waals surface area contributed by atoms with E-state index in [1.807, 2.05) is 32.1 Å². The molecule has 2 aromatic carbocycles. The van der Waals surface area contributed by atoms with E-state index in [9.17, 15) is 14.5 Å². The summed E-state index contributed by atoms with van der Waals surface area (Å²) in [6, 6.07) is 9.44. The van der Waals surface area contributed by atoms with Gasteiger partial charge in [-0.2, -0.15) is 4.39 Å². The van der Waals surface area contributed by atoms with E-state index in [1.54, 1.807) is 12.1 Å². The number of nitro groups is 1. The number of hydrogen-bond acceptors (Lipinski definition) is 3. The van der Waals surface area contributed by atoms with Crippen LogP contribution in [0, 0.1) is 22.9 Å². The van der Waals surface area contributed by atoms with E-state index < -0.39 is 16.4 Å². The number of fused-ring (bicyclic) bond motifs is 1. The zero-order valence-corrected chi connectivity index (χ0v) is 12.7. The Bertz CT molecular complexity index is 941. The van der Waals surface area contributed by atoms with E-state index in [0.29, 0.717) is 16.9 Å². The van der Waals surface area contributed by atoms with Crippen LogP contribution >= 0.6 is 0 Å². The first-order valence-corrected chi connectivity index (χ1v) is 7.12. The van der Waals surface area contributed by atoms with Gasteiger partial charge in [-0.1, -0.05) is 36.4 Å². The van der Waals surface area contributed by atoms with Crippen LogP contribution in [-0.4, -0.2) is 4.92 Å². The van der Waals surface area contributed by atoms with Gasteiger partial charge < -0.3 is 4.42 Å². The van der Waals surface area contributed by atoms with Crippen molar-refractivity contribution in [1.82, 2.24) is 0 Å². The molecule has 23 heavy (non-hydrogen) atoms. The van der Waals surface area contributed by atoms with E-state index in [2.05, 4.69) is 0 Å². The smallest absolute Gasteiger partial charge is 0.312 e. The third kappa shape index (κ3) is 2.40. The van der Waals surface area contributed by atoms with Gasteiger partial charge in [0.05, 0.1) is 10.5 Å². The van der Waals surface area contributed by atoms with Gasteiger partial charge in [-0.05, 0) is 26.0 Å². The number of aryl methyl sites for hydroxylation is 1. The summed E-state index contributed by atoms with van der Waals surface area (Å²) < 4.78 is 19.7. The second-order valence-corrected chi connectivity index (χ2v) is 5.15. The fourth-order valence-electron chi connectivity index (χ4n) is 2.76. The Labute approximate surface area is 132 Å². The molecule has 116 valence electrons. The average Bonchev–Trinajstić information content (AvgIpc) is 2.83. The van der Waals surface area contributed by atoms with Crippen molar-refractivity contribution in [3.05, 3.63) is 69.7 Å². The number of furan rings is 1. The fourth-order valence-corrected chi connectivity index (χ4v) is 2.76. The minimum absolute atomic E-state index is 0.210. The van der Waals surface area contributed by atoms with E-state index in [-0.39, 0.29) is 5.56 Å². The second-order valence-electron chi connectivity index (χ2n) is 5.15. The van der Waals surface area contributed by atoms with E-state index in [1.165, 1.54) is 12.1 Å². The number of hydrogen-bond donors (Lipinski definition) is 0. The van der Waals surface area contributed by atoms with Crippen LogP contribution in [-0.2, 0) is 0 Å². The standard InChI is InChI=1S/C18H14FNO3/c1-3-6-12-11(2)23-18-14(12)8-4-9-15(18)13-7-5-10-16(19)17(13)20(21)22/h3-10H,1-2H3/b6-3-. The van der Waals surface area contributed by atoms with E-state index in [0.717, 1.165) is 17.0 Å². The topological polar surface area (TPSA) is 56.3 Å². The number of para-hydroxylation sites is 2. The second kappa shape index (κ2) is 5.68. The Morgan fingerprint density at radius 3 is 2.57 bits per heavy atom. The molecule has 0 saturated carbocycles. The molecule has 3 aromatic rings. The van der Waals surface area contributed by atoms with Crippen LogP contribution in [0.4, 0.5) is 10.1 Å². The van der Waals surface area contributed by atoms with E-state index in [4.69, 9.17) is 4.42 Å². The van der Waals surface area contributed by atoms with Crippen molar-refractivity contribution < 1.29 is 13.7 Å². The van der Waals surface area contributed by atoms with Crippen molar-refractivity contribution in [1.29, 1.82) is 0 Å². The Hall–Kier alpha value is -2.95. The number of benzene rings is 2. The molecular weight excluding hydrogens is 297 g/mol. The van der Waals surface area contributed by atoms with Gasteiger partial charge in [0.25, 0.3) is 0 Å². The summed E-state index contributed by atoms with van der Waals surface area (Å²) in [6.07, 6.45) is 3.82. The molecule has 0 aliphatic carbocycles. The minimum Gasteiger partial charge on any atom is -0.460 e. The summed E-state index contributed by atoms with van der Waals surface area (Å²) in [5.74, 6) is -0.147. The van der Waals surface area contributed by atoms with Crippen LogP contribution in [0.15, 0.2) is 46.9 Å². The molecule has 5 heteroatoms. The predicted molar refractivity (Wildman–Crippen MR) is 87.7 cm³/mol. The van der Waals surface area contributed by atoms with Crippen molar-refractivity contribution in [2.75, 3.05) is 0 Å². The summed E-state index contributed by atoms with van der Waals surface area (Å²) in [7, 11) is 0. The summed E-state index contributed by atoms with van der Waals surface area (Å²) >= 11 is 0. The molecule has 0 spiro atoms. The summed E-state index contributed by atoms with van der Waals surface area (Å²) in [6.45, 7) is 3.73. The molecule has 0 aliphatic heterocycles. The lowest BCUT2D eigenvalue weighted by atomic mass is 10.00. The normalized spacial score (nSPS) is 11.4. The highest BCUT2D eigenvalue weighted by Crippen LogP contribution is 2.39. The van der Waals surface area contributed by atoms with Gasteiger partial charge in [0.15, 0.2) is 0 Å². The first-order chi connectivity index (χ1) is 11.0.